The number of hydrogen-bond donors (Lipinski definition) is 0. The maximum Gasteiger partial charge on any atom is -0.0189 e. The van der Waals surface area contributed by atoms with E-state index in [0.717, 1.165) is 12.8 Å². The zero-order chi connectivity index (χ0) is 9.40. The summed E-state index contributed by atoms with van der Waals surface area (Å²) in [6, 6.07) is 0. The molecule has 0 aliphatic heterocycles. The van der Waals surface area contributed by atoms with E-state index < -0.39 is 0 Å². The van der Waals surface area contributed by atoms with Crippen molar-refractivity contribution in [3.05, 3.63) is 34.4 Å². The summed E-state index contributed by atoms with van der Waals surface area (Å²) in [5.41, 5.74) is 2.82. The molecule has 0 saturated carbocycles. The molecule has 0 aromatic heterocycles. The number of rotatable bonds is 4. The van der Waals surface area contributed by atoms with Crippen molar-refractivity contribution in [2.75, 3.05) is 0 Å². The lowest BCUT2D eigenvalue weighted by atomic mass is 10.1. The van der Waals surface area contributed by atoms with Gasteiger partial charge in [-0.15, -0.1) is 0 Å². The molecule has 0 aliphatic carbocycles. The Balaban J connectivity index is 3.71. The summed E-state index contributed by atoms with van der Waals surface area (Å²) >= 11 is 3.23. The standard InChI is InChI=1S/C11H17Br/c1-10(2)6-4-7-11(3)8-5-9-12/h5-6,8-9H,4,7H2,1-3H3/b9-5+,11-8+. The molecule has 0 radical (unpaired) electrons. The van der Waals surface area contributed by atoms with Crippen molar-refractivity contribution in [3.63, 3.8) is 0 Å². The van der Waals surface area contributed by atoms with Gasteiger partial charge in [0.2, 0.25) is 0 Å². The van der Waals surface area contributed by atoms with Crippen LogP contribution < -0.4 is 0 Å². The predicted octanol–water partition coefficient (Wildman–Crippen LogP) is 4.59. The average molecular weight is 229 g/mol. The van der Waals surface area contributed by atoms with Crippen molar-refractivity contribution in [3.8, 4) is 0 Å². The van der Waals surface area contributed by atoms with Gasteiger partial charge >= 0.3 is 0 Å². The van der Waals surface area contributed by atoms with Gasteiger partial charge in [0.1, 0.15) is 0 Å². The second kappa shape index (κ2) is 7.35. The van der Waals surface area contributed by atoms with Gasteiger partial charge in [-0.05, 0) is 38.6 Å². The molecule has 0 unspecified atom stereocenters. The van der Waals surface area contributed by atoms with E-state index in [-0.39, 0.29) is 0 Å². The third kappa shape index (κ3) is 7.80. The predicted molar refractivity (Wildman–Crippen MR) is 60.5 cm³/mol. The van der Waals surface area contributed by atoms with Crippen LogP contribution in [0.5, 0.6) is 0 Å². The Morgan fingerprint density at radius 1 is 1.25 bits per heavy atom. The van der Waals surface area contributed by atoms with E-state index in [4.69, 9.17) is 0 Å². The van der Waals surface area contributed by atoms with Gasteiger partial charge in [0, 0.05) is 0 Å². The highest BCUT2D eigenvalue weighted by Crippen LogP contribution is 2.06. The molecular weight excluding hydrogens is 212 g/mol. The Morgan fingerprint density at radius 3 is 2.42 bits per heavy atom. The lowest BCUT2D eigenvalue weighted by Crippen LogP contribution is -1.75. The molecule has 0 amide bonds. The third-order valence-corrected chi connectivity index (χ3v) is 1.85. The van der Waals surface area contributed by atoms with Gasteiger partial charge in [0.15, 0.2) is 0 Å². The number of allylic oxidation sites excluding steroid dienone is 5. The lowest BCUT2D eigenvalue weighted by molar-refractivity contribution is 0.967. The van der Waals surface area contributed by atoms with Gasteiger partial charge < -0.3 is 0 Å². The highest BCUT2D eigenvalue weighted by atomic mass is 79.9. The van der Waals surface area contributed by atoms with Crippen LogP contribution >= 0.6 is 15.9 Å². The number of halogens is 1. The average Bonchev–Trinajstić information content (AvgIpc) is 2.00. The van der Waals surface area contributed by atoms with Crippen molar-refractivity contribution in [1.29, 1.82) is 0 Å². The zero-order valence-electron chi connectivity index (χ0n) is 8.10. The number of hydrogen-bond acceptors (Lipinski definition) is 0. The molecule has 0 rings (SSSR count). The van der Waals surface area contributed by atoms with E-state index in [2.05, 4.69) is 48.9 Å². The Morgan fingerprint density at radius 2 is 1.92 bits per heavy atom. The van der Waals surface area contributed by atoms with Crippen LogP contribution in [-0.4, -0.2) is 0 Å². The van der Waals surface area contributed by atoms with Crippen LogP contribution in [0.25, 0.3) is 0 Å². The molecule has 0 saturated heterocycles. The van der Waals surface area contributed by atoms with Crippen LogP contribution in [0.3, 0.4) is 0 Å². The third-order valence-electron chi connectivity index (χ3n) is 1.54. The summed E-state index contributed by atoms with van der Waals surface area (Å²) in [7, 11) is 0. The largest absolute Gasteiger partial charge is 0.0856 e. The molecule has 1 heteroatoms. The minimum atomic E-state index is 1.15. The van der Waals surface area contributed by atoms with Crippen LogP contribution in [0.15, 0.2) is 34.4 Å². The Kier molecular flexibility index (Phi) is 7.17. The minimum absolute atomic E-state index is 1.15. The van der Waals surface area contributed by atoms with Crippen molar-refractivity contribution >= 4 is 15.9 Å². The molecule has 0 fully saturated rings. The van der Waals surface area contributed by atoms with Gasteiger partial charge in [0.05, 0.1) is 0 Å². The first-order valence-electron chi connectivity index (χ1n) is 4.22. The molecular formula is C11H17Br. The Bertz CT molecular complexity index is 193. The van der Waals surface area contributed by atoms with Gasteiger partial charge in [-0.1, -0.05) is 45.3 Å². The van der Waals surface area contributed by atoms with Crippen molar-refractivity contribution in [2.45, 2.75) is 33.6 Å². The summed E-state index contributed by atoms with van der Waals surface area (Å²) in [4.78, 5) is 1.87. The highest BCUT2D eigenvalue weighted by molar-refractivity contribution is 9.11. The SMILES string of the molecule is CC(C)=CCC/C(C)=C/C=C/Br. The van der Waals surface area contributed by atoms with Gasteiger partial charge in [-0.2, -0.15) is 0 Å². The first-order chi connectivity index (χ1) is 5.66. The zero-order valence-corrected chi connectivity index (χ0v) is 9.69. The van der Waals surface area contributed by atoms with Crippen molar-refractivity contribution in [1.82, 2.24) is 0 Å². The lowest BCUT2D eigenvalue weighted by Gasteiger charge is -1.95. The normalized spacial score (nSPS) is 12.2. The maximum absolute atomic E-state index is 3.23. The molecule has 0 spiro atoms. The summed E-state index contributed by atoms with van der Waals surface area (Å²) < 4.78 is 0. The van der Waals surface area contributed by atoms with E-state index >= 15 is 0 Å². The van der Waals surface area contributed by atoms with Crippen LogP contribution in [0, 0.1) is 0 Å². The van der Waals surface area contributed by atoms with E-state index in [1.54, 1.807) is 0 Å². The fourth-order valence-corrected chi connectivity index (χ4v) is 1.03. The molecule has 0 heterocycles. The first kappa shape index (κ1) is 11.7. The van der Waals surface area contributed by atoms with E-state index in [0.29, 0.717) is 0 Å². The van der Waals surface area contributed by atoms with Crippen LogP contribution in [0.2, 0.25) is 0 Å². The van der Waals surface area contributed by atoms with Gasteiger partial charge in [0.25, 0.3) is 0 Å². The summed E-state index contributed by atoms with van der Waals surface area (Å²) in [5, 5.41) is 0. The van der Waals surface area contributed by atoms with Gasteiger partial charge in [-0.3, -0.25) is 0 Å². The first-order valence-corrected chi connectivity index (χ1v) is 5.14. The fraction of sp³-hybridized carbons (Fsp3) is 0.455. The summed E-state index contributed by atoms with van der Waals surface area (Å²) in [5.74, 6) is 0. The molecule has 68 valence electrons. The van der Waals surface area contributed by atoms with Crippen molar-refractivity contribution in [2.24, 2.45) is 0 Å². The molecule has 0 aliphatic rings. The van der Waals surface area contributed by atoms with Crippen LogP contribution in [0.4, 0.5) is 0 Å². The summed E-state index contributed by atoms with van der Waals surface area (Å²) in [6.45, 7) is 6.43. The van der Waals surface area contributed by atoms with Crippen molar-refractivity contribution < 1.29 is 0 Å². The molecule has 0 aromatic carbocycles. The maximum atomic E-state index is 3.23. The van der Waals surface area contributed by atoms with Gasteiger partial charge in [-0.25, -0.2) is 0 Å². The van der Waals surface area contributed by atoms with E-state index in [1.165, 1.54) is 11.1 Å². The molecule has 0 atom stereocenters. The topological polar surface area (TPSA) is 0 Å². The second-order valence-electron chi connectivity index (χ2n) is 3.15. The minimum Gasteiger partial charge on any atom is -0.0856 e. The van der Waals surface area contributed by atoms with E-state index in [1.807, 2.05) is 11.1 Å². The highest BCUT2D eigenvalue weighted by Gasteiger charge is 1.85. The quantitative estimate of drug-likeness (QED) is 0.488. The smallest absolute Gasteiger partial charge is 0.0189 e. The molecule has 0 nitrogen and oxygen atoms in total. The second-order valence-corrected chi connectivity index (χ2v) is 3.68. The van der Waals surface area contributed by atoms with Crippen LogP contribution in [0.1, 0.15) is 33.6 Å². The fourth-order valence-electron chi connectivity index (χ4n) is 0.872. The molecule has 12 heavy (non-hydrogen) atoms. The molecule has 0 N–H and O–H groups in total. The van der Waals surface area contributed by atoms with E-state index in [9.17, 15) is 0 Å². The Labute approximate surface area is 84.2 Å². The molecule has 0 aromatic rings. The monoisotopic (exact) mass is 228 g/mol. The molecule has 0 bridgehead atoms. The summed E-state index contributed by atoms with van der Waals surface area (Å²) in [6.07, 6.45) is 8.73. The van der Waals surface area contributed by atoms with Crippen LogP contribution in [-0.2, 0) is 0 Å². The Hall–Kier alpha value is -0.300.